The van der Waals surface area contributed by atoms with Crippen molar-refractivity contribution in [3.8, 4) is 0 Å². The summed E-state index contributed by atoms with van der Waals surface area (Å²) in [5.41, 5.74) is 0. The van der Waals surface area contributed by atoms with E-state index in [2.05, 4.69) is 28.9 Å². The molecule has 0 aromatic rings. The van der Waals surface area contributed by atoms with Crippen molar-refractivity contribution in [2.24, 2.45) is 5.92 Å². The SMILES string of the molecule is CC1CC(NCC2CCSC2)CN1C1CC1. The summed E-state index contributed by atoms with van der Waals surface area (Å²) in [7, 11) is 0. The highest BCUT2D eigenvalue weighted by Crippen LogP contribution is 2.33. The Hall–Kier alpha value is 0.270. The largest absolute Gasteiger partial charge is 0.312 e. The lowest BCUT2D eigenvalue weighted by atomic mass is 10.1. The average Bonchev–Trinajstić information content (AvgIpc) is 2.85. The zero-order valence-corrected chi connectivity index (χ0v) is 11.1. The van der Waals surface area contributed by atoms with Gasteiger partial charge in [-0.3, -0.25) is 4.90 Å². The predicted octanol–water partition coefficient (Wildman–Crippen LogP) is 1.95. The number of nitrogens with one attached hydrogen (secondary N) is 1. The van der Waals surface area contributed by atoms with Gasteiger partial charge >= 0.3 is 0 Å². The van der Waals surface area contributed by atoms with Gasteiger partial charge in [0.1, 0.15) is 0 Å². The van der Waals surface area contributed by atoms with Crippen LogP contribution in [0, 0.1) is 5.92 Å². The first-order valence-corrected chi connectivity index (χ1v) is 8.05. The second-order valence-electron chi connectivity index (χ2n) is 5.85. The van der Waals surface area contributed by atoms with Gasteiger partial charge in [-0.15, -0.1) is 0 Å². The Kier molecular flexibility index (Phi) is 3.46. The van der Waals surface area contributed by atoms with Crippen molar-refractivity contribution in [3.05, 3.63) is 0 Å². The lowest BCUT2D eigenvalue weighted by molar-refractivity contribution is 0.254. The van der Waals surface area contributed by atoms with E-state index in [1.54, 1.807) is 0 Å². The van der Waals surface area contributed by atoms with E-state index >= 15 is 0 Å². The van der Waals surface area contributed by atoms with Crippen molar-refractivity contribution in [2.75, 3.05) is 24.6 Å². The maximum atomic E-state index is 3.81. The number of nitrogens with zero attached hydrogens (tertiary/aromatic N) is 1. The molecule has 2 heterocycles. The van der Waals surface area contributed by atoms with E-state index in [1.807, 2.05) is 0 Å². The van der Waals surface area contributed by atoms with Crippen LogP contribution in [0.25, 0.3) is 0 Å². The summed E-state index contributed by atoms with van der Waals surface area (Å²) in [6.45, 7) is 4.99. The number of hydrogen-bond donors (Lipinski definition) is 1. The minimum atomic E-state index is 0.779. The van der Waals surface area contributed by atoms with Crippen LogP contribution in [-0.4, -0.2) is 47.6 Å². The monoisotopic (exact) mass is 240 g/mol. The zero-order chi connectivity index (χ0) is 11.0. The van der Waals surface area contributed by atoms with E-state index in [0.29, 0.717) is 0 Å². The van der Waals surface area contributed by atoms with Gasteiger partial charge in [-0.25, -0.2) is 0 Å². The molecule has 0 bridgehead atoms. The Morgan fingerprint density at radius 2 is 2.19 bits per heavy atom. The zero-order valence-electron chi connectivity index (χ0n) is 10.3. The van der Waals surface area contributed by atoms with Gasteiger partial charge in [-0.2, -0.15) is 11.8 Å². The lowest BCUT2D eigenvalue weighted by Gasteiger charge is -2.20. The Morgan fingerprint density at radius 1 is 1.31 bits per heavy atom. The van der Waals surface area contributed by atoms with Crippen LogP contribution >= 0.6 is 11.8 Å². The van der Waals surface area contributed by atoms with Gasteiger partial charge in [-0.1, -0.05) is 0 Å². The Morgan fingerprint density at radius 3 is 2.88 bits per heavy atom. The van der Waals surface area contributed by atoms with Crippen LogP contribution in [0.5, 0.6) is 0 Å². The van der Waals surface area contributed by atoms with Gasteiger partial charge in [0, 0.05) is 24.7 Å². The van der Waals surface area contributed by atoms with E-state index in [0.717, 1.165) is 24.0 Å². The molecule has 16 heavy (non-hydrogen) atoms. The number of hydrogen-bond acceptors (Lipinski definition) is 3. The topological polar surface area (TPSA) is 15.3 Å². The molecular weight excluding hydrogens is 216 g/mol. The molecule has 3 aliphatic rings. The quantitative estimate of drug-likeness (QED) is 0.808. The molecule has 0 aromatic heterocycles. The van der Waals surface area contributed by atoms with Gasteiger partial charge in [0.15, 0.2) is 0 Å². The first-order valence-electron chi connectivity index (χ1n) is 6.90. The fourth-order valence-electron chi connectivity index (χ4n) is 3.20. The summed E-state index contributed by atoms with van der Waals surface area (Å²) in [5, 5.41) is 3.81. The molecule has 1 aliphatic carbocycles. The molecule has 0 radical (unpaired) electrons. The maximum absolute atomic E-state index is 3.81. The smallest absolute Gasteiger partial charge is 0.0210 e. The summed E-state index contributed by atoms with van der Waals surface area (Å²) in [5.74, 6) is 3.73. The molecule has 3 unspecified atom stereocenters. The Balaban J connectivity index is 1.42. The molecule has 3 heteroatoms. The van der Waals surface area contributed by atoms with E-state index in [1.165, 1.54) is 50.3 Å². The van der Waals surface area contributed by atoms with Gasteiger partial charge in [0.2, 0.25) is 0 Å². The third-order valence-corrected chi connectivity index (χ3v) is 5.59. The molecule has 2 saturated heterocycles. The van der Waals surface area contributed by atoms with Crippen LogP contribution < -0.4 is 5.32 Å². The second-order valence-corrected chi connectivity index (χ2v) is 7.00. The van der Waals surface area contributed by atoms with Crippen molar-refractivity contribution >= 4 is 11.8 Å². The number of thioether (sulfide) groups is 1. The summed E-state index contributed by atoms with van der Waals surface area (Å²) in [6.07, 6.45) is 5.72. The van der Waals surface area contributed by atoms with Gasteiger partial charge in [-0.05, 0) is 56.6 Å². The minimum absolute atomic E-state index is 0.779. The fourth-order valence-corrected chi connectivity index (χ4v) is 4.48. The second kappa shape index (κ2) is 4.87. The lowest BCUT2D eigenvalue weighted by Crippen LogP contribution is -2.36. The molecule has 3 atom stereocenters. The standard InChI is InChI=1S/C13H24N2S/c1-10-6-12(8-15(10)13-2-3-13)14-7-11-4-5-16-9-11/h10-14H,2-9H2,1H3. The van der Waals surface area contributed by atoms with Crippen LogP contribution in [0.4, 0.5) is 0 Å². The first-order chi connectivity index (χ1) is 7.83. The first kappa shape index (κ1) is 11.4. The van der Waals surface area contributed by atoms with Gasteiger partial charge < -0.3 is 5.32 Å². The van der Waals surface area contributed by atoms with E-state index in [9.17, 15) is 0 Å². The highest BCUT2D eigenvalue weighted by Gasteiger charge is 2.38. The van der Waals surface area contributed by atoms with Crippen molar-refractivity contribution in [1.29, 1.82) is 0 Å². The summed E-state index contributed by atoms with van der Waals surface area (Å²) in [4.78, 5) is 2.74. The Bertz CT molecular complexity index is 236. The summed E-state index contributed by atoms with van der Waals surface area (Å²) < 4.78 is 0. The molecule has 0 spiro atoms. The van der Waals surface area contributed by atoms with Crippen molar-refractivity contribution in [3.63, 3.8) is 0 Å². The van der Waals surface area contributed by atoms with E-state index in [4.69, 9.17) is 0 Å². The van der Waals surface area contributed by atoms with Crippen molar-refractivity contribution < 1.29 is 0 Å². The average molecular weight is 240 g/mol. The highest BCUT2D eigenvalue weighted by atomic mass is 32.2. The third-order valence-electron chi connectivity index (χ3n) is 4.36. The molecule has 1 N–H and O–H groups in total. The predicted molar refractivity (Wildman–Crippen MR) is 71.0 cm³/mol. The van der Waals surface area contributed by atoms with E-state index < -0.39 is 0 Å². The van der Waals surface area contributed by atoms with Crippen molar-refractivity contribution in [2.45, 2.75) is 50.7 Å². The molecule has 0 aromatic carbocycles. The summed E-state index contributed by atoms with van der Waals surface area (Å²) in [6, 6.07) is 2.55. The van der Waals surface area contributed by atoms with Crippen LogP contribution in [-0.2, 0) is 0 Å². The van der Waals surface area contributed by atoms with Crippen LogP contribution in [0.3, 0.4) is 0 Å². The fraction of sp³-hybridized carbons (Fsp3) is 1.00. The molecule has 3 fully saturated rings. The number of likely N-dealkylation sites (tertiary alicyclic amines) is 1. The molecular formula is C13H24N2S. The maximum Gasteiger partial charge on any atom is 0.0210 e. The van der Waals surface area contributed by atoms with Gasteiger partial charge in [0.05, 0.1) is 0 Å². The molecule has 1 saturated carbocycles. The molecule has 0 amide bonds. The van der Waals surface area contributed by atoms with Gasteiger partial charge in [0.25, 0.3) is 0 Å². The normalized spacial score (nSPS) is 40.7. The Labute approximate surface area is 104 Å². The highest BCUT2D eigenvalue weighted by molar-refractivity contribution is 7.99. The number of rotatable bonds is 4. The van der Waals surface area contributed by atoms with Crippen LogP contribution in [0.1, 0.15) is 32.6 Å². The molecule has 3 rings (SSSR count). The van der Waals surface area contributed by atoms with Crippen LogP contribution in [0.2, 0.25) is 0 Å². The summed E-state index contributed by atoms with van der Waals surface area (Å²) >= 11 is 2.13. The molecule has 2 nitrogen and oxygen atoms in total. The van der Waals surface area contributed by atoms with E-state index in [-0.39, 0.29) is 0 Å². The minimum Gasteiger partial charge on any atom is -0.312 e. The molecule has 2 aliphatic heterocycles. The third kappa shape index (κ3) is 2.57. The van der Waals surface area contributed by atoms with Crippen molar-refractivity contribution in [1.82, 2.24) is 10.2 Å². The van der Waals surface area contributed by atoms with Crippen LogP contribution in [0.15, 0.2) is 0 Å². The molecule has 92 valence electrons.